The van der Waals surface area contributed by atoms with Crippen LogP contribution >= 0.6 is 0 Å². The fraction of sp³-hybridized carbons (Fsp3) is 0.409. The van der Waals surface area contributed by atoms with Crippen LogP contribution in [0, 0.1) is 0 Å². The summed E-state index contributed by atoms with van der Waals surface area (Å²) in [4.78, 5) is 14.9. The second-order valence-electron chi connectivity index (χ2n) is 7.07. The number of amides is 1. The number of ether oxygens (including phenoxy) is 3. The molecular formula is C22H24F3NO4. The Balaban J connectivity index is 1.71. The molecule has 2 aromatic rings. The van der Waals surface area contributed by atoms with Gasteiger partial charge in [-0.3, -0.25) is 4.79 Å². The highest BCUT2D eigenvalue weighted by atomic mass is 19.4. The van der Waals surface area contributed by atoms with Gasteiger partial charge in [0.15, 0.2) is 0 Å². The fourth-order valence-electron chi connectivity index (χ4n) is 3.62. The Morgan fingerprint density at radius 1 is 1.10 bits per heavy atom. The lowest BCUT2D eigenvalue weighted by Crippen LogP contribution is -2.30. The molecule has 1 atom stereocenters. The number of carbonyl (C=O) groups is 1. The summed E-state index contributed by atoms with van der Waals surface area (Å²) in [6.45, 7) is -0.842. The van der Waals surface area contributed by atoms with Crippen molar-refractivity contribution in [1.82, 2.24) is 4.90 Å². The van der Waals surface area contributed by atoms with E-state index in [-0.39, 0.29) is 18.6 Å². The maximum Gasteiger partial charge on any atom is 0.411 e. The number of halogens is 3. The highest BCUT2D eigenvalue weighted by molar-refractivity contribution is 5.94. The van der Waals surface area contributed by atoms with E-state index < -0.39 is 12.8 Å². The summed E-state index contributed by atoms with van der Waals surface area (Å²) < 4.78 is 51.9. The molecule has 1 saturated heterocycles. The van der Waals surface area contributed by atoms with E-state index in [1.165, 1.54) is 0 Å². The van der Waals surface area contributed by atoms with Crippen molar-refractivity contribution in [2.75, 3.05) is 27.4 Å². The summed E-state index contributed by atoms with van der Waals surface area (Å²) in [6, 6.07) is 11.9. The molecule has 1 fully saturated rings. The topological polar surface area (TPSA) is 48.0 Å². The average Bonchev–Trinajstić information content (AvgIpc) is 3.22. The Labute approximate surface area is 173 Å². The maximum atomic E-state index is 13.1. The quantitative estimate of drug-likeness (QED) is 0.644. The monoisotopic (exact) mass is 423 g/mol. The van der Waals surface area contributed by atoms with Crippen LogP contribution in [0.1, 0.15) is 40.4 Å². The third-order valence-electron chi connectivity index (χ3n) is 5.05. The van der Waals surface area contributed by atoms with Crippen LogP contribution < -0.4 is 9.47 Å². The summed E-state index contributed by atoms with van der Waals surface area (Å²) in [5.74, 6) is 1.21. The van der Waals surface area contributed by atoms with Gasteiger partial charge in [0.2, 0.25) is 0 Å². The first-order chi connectivity index (χ1) is 14.3. The molecule has 8 heteroatoms. The molecule has 0 saturated carbocycles. The molecule has 0 bridgehead atoms. The van der Waals surface area contributed by atoms with Gasteiger partial charge in [0.05, 0.1) is 26.9 Å². The Kier molecular flexibility index (Phi) is 6.87. The zero-order valence-electron chi connectivity index (χ0n) is 16.9. The average molecular weight is 423 g/mol. The minimum absolute atomic E-state index is 0.117. The van der Waals surface area contributed by atoms with Crippen molar-refractivity contribution in [3.63, 3.8) is 0 Å². The van der Waals surface area contributed by atoms with Gasteiger partial charge in [-0.2, -0.15) is 13.2 Å². The molecule has 2 aromatic carbocycles. The molecule has 0 aliphatic carbocycles. The van der Waals surface area contributed by atoms with Gasteiger partial charge >= 0.3 is 6.18 Å². The molecule has 0 spiro atoms. The zero-order chi connectivity index (χ0) is 21.7. The van der Waals surface area contributed by atoms with Gasteiger partial charge < -0.3 is 19.1 Å². The van der Waals surface area contributed by atoms with Crippen LogP contribution in [0.15, 0.2) is 42.5 Å². The fourth-order valence-corrected chi connectivity index (χ4v) is 3.62. The predicted molar refractivity (Wildman–Crippen MR) is 105 cm³/mol. The summed E-state index contributed by atoms with van der Waals surface area (Å²) >= 11 is 0. The summed E-state index contributed by atoms with van der Waals surface area (Å²) in [7, 11) is 3.16. The number of alkyl halides is 3. The minimum Gasteiger partial charge on any atom is -0.497 e. The van der Waals surface area contributed by atoms with Crippen molar-refractivity contribution in [2.45, 2.75) is 31.7 Å². The number of nitrogens with zero attached hydrogens (tertiary/aromatic N) is 1. The van der Waals surface area contributed by atoms with Crippen LogP contribution in [-0.2, 0) is 11.3 Å². The van der Waals surface area contributed by atoms with E-state index in [4.69, 9.17) is 9.47 Å². The first kappa shape index (κ1) is 22.0. The smallest absolute Gasteiger partial charge is 0.411 e. The van der Waals surface area contributed by atoms with Gasteiger partial charge in [0.1, 0.15) is 18.1 Å². The highest BCUT2D eigenvalue weighted by Crippen LogP contribution is 2.39. The van der Waals surface area contributed by atoms with Crippen LogP contribution in [0.5, 0.6) is 11.5 Å². The van der Waals surface area contributed by atoms with E-state index in [0.717, 1.165) is 18.4 Å². The normalized spacial score (nSPS) is 16.6. The van der Waals surface area contributed by atoms with Gasteiger partial charge in [-0.15, -0.1) is 0 Å². The number of methoxy groups -OCH3 is 2. The molecule has 1 aliphatic heterocycles. The molecule has 5 nitrogen and oxygen atoms in total. The van der Waals surface area contributed by atoms with Crippen LogP contribution in [0.3, 0.4) is 0 Å². The van der Waals surface area contributed by atoms with E-state index in [1.54, 1.807) is 49.5 Å². The van der Waals surface area contributed by atoms with Crippen molar-refractivity contribution in [1.29, 1.82) is 0 Å². The SMILES string of the molecule is COc1ccc(C2CCCN2C(=O)c2ccc(COCC(F)(F)F)cc2)c(OC)c1. The molecule has 1 aliphatic rings. The highest BCUT2D eigenvalue weighted by Gasteiger charge is 2.32. The number of hydrogen-bond donors (Lipinski definition) is 0. The van der Waals surface area contributed by atoms with Crippen molar-refractivity contribution >= 4 is 5.91 Å². The van der Waals surface area contributed by atoms with Crippen molar-refractivity contribution in [3.05, 3.63) is 59.2 Å². The van der Waals surface area contributed by atoms with Gasteiger partial charge in [-0.1, -0.05) is 12.1 Å². The van der Waals surface area contributed by atoms with Gasteiger partial charge in [0, 0.05) is 23.7 Å². The third kappa shape index (κ3) is 5.24. The second-order valence-corrected chi connectivity index (χ2v) is 7.07. The molecule has 1 unspecified atom stereocenters. The van der Waals surface area contributed by atoms with Crippen molar-refractivity contribution < 1.29 is 32.2 Å². The Morgan fingerprint density at radius 3 is 2.47 bits per heavy atom. The Bertz CT molecular complexity index is 868. The Morgan fingerprint density at radius 2 is 1.83 bits per heavy atom. The Hall–Kier alpha value is -2.74. The molecule has 0 aromatic heterocycles. The van der Waals surface area contributed by atoms with Gasteiger partial charge in [0.25, 0.3) is 5.91 Å². The standard InChI is InChI=1S/C22H24F3NO4/c1-28-17-9-10-18(20(12-17)29-2)19-4-3-11-26(19)21(27)16-7-5-15(6-8-16)13-30-14-22(23,24)25/h5-10,12,19H,3-4,11,13-14H2,1-2H3. The number of carbonyl (C=O) groups excluding carboxylic acids is 1. The molecule has 30 heavy (non-hydrogen) atoms. The van der Waals surface area contributed by atoms with Crippen molar-refractivity contribution in [2.24, 2.45) is 0 Å². The molecular weight excluding hydrogens is 399 g/mol. The lowest BCUT2D eigenvalue weighted by molar-refractivity contribution is -0.176. The van der Waals surface area contributed by atoms with Gasteiger partial charge in [-0.25, -0.2) is 0 Å². The van der Waals surface area contributed by atoms with Gasteiger partial charge in [-0.05, 0) is 42.7 Å². The van der Waals surface area contributed by atoms with E-state index in [2.05, 4.69) is 4.74 Å². The van der Waals surface area contributed by atoms with E-state index in [9.17, 15) is 18.0 Å². The van der Waals surface area contributed by atoms with Crippen LogP contribution in [-0.4, -0.2) is 44.4 Å². The molecule has 162 valence electrons. The lowest BCUT2D eigenvalue weighted by atomic mass is 10.0. The molecule has 0 radical (unpaired) electrons. The number of rotatable bonds is 7. The van der Waals surface area contributed by atoms with E-state index >= 15 is 0 Å². The molecule has 1 amide bonds. The van der Waals surface area contributed by atoms with Crippen LogP contribution in [0.4, 0.5) is 13.2 Å². The second kappa shape index (κ2) is 9.38. The lowest BCUT2D eigenvalue weighted by Gasteiger charge is -2.26. The number of benzene rings is 2. The molecule has 1 heterocycles. The van der Waals surface area contributed by atoms with Crippen LogP contribution in [0.2, 0.25) is 0 Å². The van der Waals surface area contributed by atoms with E-state index in [0.29, 0.717) is 29.2 Å². The number of likely N-dealkylation sites (tertiary alicyclic amines) is 1. The third-order valence-corrected chi connectivity index (χ3v) is 5.05. The zero-order valence-corrected chi connectivity index (χ0v) is 16.9. The van der Waals surface area contributed by atoms with Crippen LogP contribution in [0.25, 0.3) is 0 Å². The number of hydrogen-bond acceptors (Lipinski definition) is 4. The van der Waals surface area contributed by atoms with E-state index in [1.807, 2.05) is 12.1 Å². The molecule has 0 N–H and O–H groups in total. The summed E-state index contributed by atoms with van der Waals surface area (Å²) in [5, 5.41) is 0. The summed E-state index contributed by atoms with van der Waals surface area (Å²) in [6.07, 6.45) is -2.67. The van der Waals surface area contributed by atoms with Crippen molar-refractivity contribution in [3.8, 4) is 11.5 Å². The largest absolute Gasteiger partial charge is 0.497 e. The first-order valence-corrected chi connectivity index (χ1v) is 9.58. The maximum absolute atomic E-state index is 13.1. The molecule has 3 rings (SSSR count). The first-order valence-electron chi connectivity index (χ1n) is 9.58. The summed E-state index contributed by atoms with van der Waals surface area (Å²) in [5.41, 5.74) is 1.97. The minimum atomic E-state index is -4.36. The predicted octanol–water partition coefficient (Wildman–Crippen LogP) is 4.76.